The van der Waals surface area contributed by atoms with E-state index in [1.807, 2.05) is 0 Å². The summed E-state index contributed by atoms with van der Waals surface area (Å²) in [4.78, 5) is 14.8. The summed E-state index contributed by atoms with van der Waals surface area (Å²) in [6.07, 6.45) is 2.54. The lowest BCUT2D eigenvalue weighted by Gasteiger charge is -2.04. The van der Waals surface area contributed by atoms with Gasteiger partial charge in [-0.05, 0) is 35.4 Å². The molecule has 0 atom stereocenters. The molecule has 0 amide bonds. The summed E-state index contributed by atoms with van der Waals surface area (Å²) in [6.45, 7) is 0. The maximum Gasteiger partial charge on any atom is 0.354 e. The lowest BCUT2D eigenvalue weighted by molar-refractivity contribution is 0.0690. The van der Waals surface area contributed by atoms with E-state index in [0.29, 0.717) is 5.56 Å². The molecule has 1 N–H and O–H groups in total. The summed E-state index contributed by atoms with van der Waals surface area (Å²) < 4.78 is 22.7. The largest absolute Gasteiger partial charge is 0.477 e. The van der Waals surface area contributed by atoms with Crippen LogP contribution in [0.3, 0.4) is 0 Å². The van der Waals surface area contributed by atoms with Crippen LogP contribution in [-0.2, 0) is 9.84 Å². The minimum absolute atomic E-state index is 0.0512. The van der Waals surface area contributed by atoms with Crippen molar-refractivity contribution < 1.29 is 18.3 Å². The summed E-state index contributed by atoms with van der Waals surface area (Å²) in [5.74, 6) is -1.10. The van der Waals surface area contributed by atoms with Gasteiger partial charge in [-0.25, -0.2) is 18.2 Å². The van der Waals surface area contributed by atoms with Crippen LogP contribution in [0.15, 0.2) is 47.5 Å². The van der Waals surface area contributed by atoms with E-state index in [9.17, 15) is 13.2 Å². The van der Waals surface area contributed by atoms with Crippen LogP contribution >= 0.6 is 0 Å². The molecular weight excluding hydrogens is 266 g/mol. The molecule has 0 unspecified atom stereocenters. The third-order valence-corrected chi connectivity index (χ3v) is 3.72. The highest BCUT2D eigenvalue weighted by atomic mass is 32.2. The fraction of sp³-hybridized carbons (Fsp3) is 0.0769. The Morgan fingerprint density at radius 1 is 1.11 bits per heavy atom. The van der Waals surface area contributed by atoms with Gasteiger partial charge >= 0.3 is 5.97 Å². The summed E-state index contributed by atoms with van der Waals surface area (Å²) >= 11 is 0. The van der Waals surface area contributed by atoms with Gasteiger partial charge in [-0.15, -0.1) is 0 Å². The van der Waals surface area contributed by atoms with Crippen LogP contribution in [-0.4, -0.2) is 30.7 Å². The van der Waals surface area contributed by atoms with E-state index in [2.05, 4.69) is 4.98 Å². The van der Waals surface area contributed by atoms with Crippen LogP contribution in [0.2, 0.25) is 0 Å². The van der Waals surface area contributed by atoms with E-state index in [-0.39, 0.29) is 10.6 Å². The molecule has 19 heavy (non-hydrogen) atoms. The molecule has 0 saturated carbocycles. The summed E-state index contributed by atoms with van der Waals surface area (Å²) in [7, 11) is -3.23. The van der Waals surface area contributed by atoms with Gasteiger partial charge in [0.2, 0.25) is 0 Å². The fourth-order valence-corrected chi connectivity index (χ4v) is 2.25. The zero-order valence-corrected chi connectivity index (χ0v) is 10.9. The van der Waals surface area contributed by atoms with Gasteiger partial charge in [0, 0.05) is 12.5 Å². The predicted octanol–water partition coefficient (Wildman–Crippen LogP) is 1.85. The van der Waals surface area contributed by atoms with Crippen LogP contribution in [0.25, 0.3) is 11.1 Å². The van der Waals surface area contributed by atoms with Gasteiger partial charge in [0.25, 0.3) is 0 Å². The van der Waals surface area contributed by atoms with Crippen molar-refractivity contribution in [3.05, 3.63) is 48.3 Å². The van der Waals surface area contributed by atoms with E-state index >= 15 is 0 Å². The Kier molecular flexibility index (Phi) is 3.35. The van der Waals surface area contributed by atoms with Crippen LogP contribution in [0.5, 0.6) is 0 Å². The molecular formula is C13H11NO4S. The number of aromatic carboxylic acids is 1. The summed E-state index contributed by atoms with van der Waals surface area (Å²) in [5.41, 5.74) is 1.36. The van der Waals surface area contributed by atoms with E-state index in [0.717, 1.165) is 11.8 Å². The maximum atomic E-state index is 11.3. The molecule has 0 fully saturated rings. The zero-order chi connectivity index (χ0) is 14.0. The molecule has 98 valence electrons. The molecule has 0 aliphatic rings. The van der Waals surface area contributed by atoms with Crippen molar-refractivity contribution in [2.45, 2.75) is 4.90 Å². The van der Waals surface area contributed by atoms with Gasteiger partial charge in [-0.3, -0.25) is 0 Å². The lowest BCUT2D eigenvalue weighted by atomic mass is 10.1. The quantitative estimate of drug-likeness (QED) is 0.925. The lowest BCUT2D eigenvalue weighted by Crippen LogP contribution is -2.00. The number of hydrogen-bond donors (Lipinski definition) is 1. The highest BCUT2D eigenvalue weighted by molar-refractivity contribution is 7.90. The number of benzene rings is 1. The molecule has 1 aromatic heterocycles. The molecule has 2 rings (SSSR count). The van der Waals surface area contributed by atoms with Gasteiger partial charge in [-0.1, -0.05) is 12.1 Å². The summed E-state index contributed by atoms with van der Waals surface area (Å²) in [5, 5.41) is 8.87. The highest BCUT2D eigenvalue weighted by Gasteiger charge is 2.09. The Morgan fingerprint density at radius 2 is 1.74 bits per heavy atom. The number of carbonyl (C=O) groups is 1. The minimum Gasteiger partial charge on any atom is -0.477 e. The van der Waals surface area contributed by atoms with E-state index in [1.165, 1.54) is 24.4 Å². The smallest absolute Gasteiger partial charge is 0.354 e. The molecule has 2 aromatic rings. The van der Waals surface area contributed by atoms with Crippen molar-refractivity contribution in [2.24, 2.45) is 0 Å². The number of sulfone groups is 1. The third-order valence-electron chi connectivity index (χ3n) is 2.59. The van der Waals surface area contributed by atoms with Gasteiger partial charge in [0.15, 0.2) is 9.84 Å². The molecule has 0 saturated heterocycles. The minimum atomic E-state index is -3.23. The molecule has 1 heterocycles. The molecule has 0 aliphatic carbocycles. The van der Waals surface area contributed by atoms with Crippen molar-refractivity contribution in [3.8, 4) is 11.1 Å². The average molecular weight is 277 g/mol. The number of aromatic nitrogens is 1. The summed E-state index contributed by atoms with van der Waals surface area (Å²) in [6, 6.07) is 9.37. The van der Waals surface area contributed by atoms with Crippen LogP contribution in [0.1, 0.15) is 10.5 Å². The molecule has 0 spiro atoms. The first-order valence-electron chi connectivity index (χ1n) is 5.38. The average Bonchev–Trinajstić information content (AvgIpc) is 2.38. The Morgan fingerprint density at radius 3 is 2.26 bits per heavy atom. The van der Waals surface area contributed by atoms with Crippen molar-refractivity contribution in [2.75, 3.05) is 6.26 Å². The first-order chi connectivity index (χ1) is 8.88. The molecule has 0 radical (unpaired) electrons. The van der Waals surface area contributed by atoms with Crippen LogP contribution < -0.4 is 0 Å². The number of rotatable bonds is 3. The second-order valence-corrected chi connectivity index (χ2v) is 6.05. The molecule has 5 nitrogen and oxygen atoms in total. The Hall–Kier alpha value is -2.21. The molecule has 1 aromatic carbocycles. The van der Waals surface area contributed by atoms with E-state index < -0.39 is 15.8 Å². The van der Waals surface area contributed by atoms with Crippen LogP contribution in [0, 0.1) is 0 Å². The van der Waals surface area contributed by atoms with Crippen molar-refractivity contribution in [3.63, 3.8) is 0 Å². The Bertz CT molecular complexity index is 721. The SMILES string of the molecule is CS(=O)(=O)c1ccc(-c2ccnc(C(=O)O)c2)cc1. The monoisotopic (exact) mass is 277 g/mol. The molecule has 0 bridgehead atoms. The maximum absolute atomic E-state index is 11.3. The van der Waals surface area contributed by atoms with Crippen molar-refractivity contribution in [1.29, 1.82) is 0 Å². The standard InChI is InChI=1S/C13H11NO4S/c1-19(17,18)11-4-2-9(3-5-11)10-6-7-14-12(8-10)13(15)16/h2-8H,1H3,(H,15,16). The fourth-order valence-electron chi connectivity index (χ4n) is 1.62. The third kappa shape index (κ3) is 2.97. The van der Waals surface area contributed by atoms with Crippen molar-refractivity contribution >= 4 is 15.8 Å². The van der Waals surface area contributed by atoms with Gasteiger partial charge < -0.3 is 5.11 Å². The number of carboxylic acid groups (broad SMARTS) is 1. The van der Waals surface area contributed by atoms with E-state index in [1.54, 1.807) is 18.2 Å². The number of hydrogen-bond acceptors (Lipinski definition) is 4. The zero-order valence-electron chi connectivity index (χ0n) is 10.1. The second kappa shape index (κ2) is 4.81. The van der Waals surface area contributed by atoms with Crippen LogP contribution in [0.4, 0.5) is 0 Å². The topological polar surface area (TPSA) is 84.3 Å². The van der Waals surface area contributed by atoms with E-state index in [4.69, 9.17) is 5.11 Å². The van der Waals surface area contributed by atoms with Gasteiger partial charge in [-0.2, -0.15) is 0 Å². The predicted molar refractivity (Wildman–Crippen MR) is 69.7 cm³/mol. The Labute approximate surface area is 110 Å². The second-order valence-electron chi connectivity index (χ2n) is 4.03. The normalized spacial score (nSPS) is 11.2. The first kappa shape index (κ1) is 13.2. The Balaban J connectivity index is 2.43. The molecule has 0 aliphatic heterocycles. The molecule has 6 heteroatoms. The number of pyridine rings is 1. The highest BCUT2D eigenvalue weighted by Crippen LogP contribution is 2.21. The van der Waals surface area contributed by atoms with Gasteiger partial charge in [0.1, 0.15) is 5.69 Å². The van der Waals surface area contributed by atoms with Gasteiger partial charge in [0.05, 0.1) is 4.90 Å². The number of carboxylic acids is 1. The number of nitrogens with zero attached hydrogens (tertiary/aromatic N) is 1. The first-order valence-corrected chi connectivity index (χ1v) is 7.27. The van der Waals surface area contributed by atoms with Crippen molar-refractivity contribution in [1.82, 2.24) is 4.98 Å².